The van der Waals surface area contributed by atoms with Gasteiger partial charge in [0.15, 0.2) is 11.5 Å². The minimum absolute atomic E-state index is 0.656. The van der Waals surface area contributed by atoms with E-state index in [4.69, 9.17) is 9.47 Å². The van der Waals surface area contributed by atoms with Crippen LogP contribution < -0.4 is 20.1 Å². The summed E-state index contributed by atoms with van der Waals surface area (Å²) in [6, 6.07) is 6.25. The van der Waals surface area contributed by atoms with Crippen molar-refractivity contribution in [2.24, 2.45) is 5.92 Å². The Bertz CT molecular complexity index is 417. The maximum absolute atomic E-state index is 5.60. The van der Waals surface area contributed by atoms with Crippen LogP contribution in [0.5, 0.6) is 11.5 Å². The predicted octanol–water partition coefficient (Wildman–Crippen LogP) is 1.20. The summed E-state index contributed by atoms with van der Waals surface area (Å²) in [7, 11) is 0. The molecule has 1 aromatic carbocycles. The molecule has 1 fully saturated rings. The molecule has 0 radical (unpaired) electrons. The van der Waals surface area contributed by atoms with E-state index in [1.165, 1.54) is 18.5 Å². The van der Waals surface area contributed by atoms with E-state index in [0.717, 1.165) is 43.5 Å². The summed E-state index contributed by atoms with van der Waals surface area (Å²) < 4.78 is 11.1. The third-order valence-corrected chi connectivity index (χ3v) is 3.79. The third kappa shape index (κ3) is 3.39. The first-order valence-electron chi connectivity index (χ1n) is 7.22. The first kappa shape index (κ1) is 12.8. The lowest BCUT2D eigenvalue weighted by Gasteiger charge is -2.19. The van der Waals surface area contributed by atoms with Gasteiger partial charge in [-0.15, -0.1) is 0 Å². The highest BCUT2D eigenvalue weighted by atomic mass is 16.6. The summed E-state index contributed by atoms with van der Waals surface area (Å²) in [5.41, 5.74) is 1.31. The quantitative estimate of drug-likeness (QED) is 0.783. The molecule has 1 unspecified atom stereocenters. The number of hydrogen-bond acceptors (Lipinski definition) is 4. The van der Waals surface area contributed by atoms with E-state index in [1.807, 2.05) is 6.07 Å². The number of ether oxygens (including phenoxy) is 2. The fourth-order valence-corrected chi connectivity index (χ4v) is 2.67. The minimum Gasteiger partial charge on any atom is -0.486 e. The van der Waals surface area contributed by atoms with E-state index in [0.29, 0.717) is 13.2 Å². The fourth-order valence-electron chi connectivity index (χ4n) is 2.67. The summed E-state index contributed by atoms with van der Waals surface area (Å²) in [5, 5.41) is 6.94. The molecule has 2 aliphatic rings. The van der Waals surface area contributed by atoms with E-state index in [1.54, 1.807) is 0 Å². The van der Waals surface area contributed by atoms with Crippen LogP contribution in [0, 0.1) is 5.92 Å². The van der Waals surface area contributed by atoms with Crippen LogP contribution in [0.3, 0.4) is 0 Å². The zero-order valence-corrected chi connectivity index (χ0v) is 11.3. The summed E-state index contributed by atoms with van der Waals surface area (Å²) in [5.74, 6) is 2.57. The van der Waals surface area contributed by atoms with E-state index < -0.39 is 0 Å². The predicted molar refractivity (Wildman–Crippen MR) is 75.0 cm³/mol. The Labute approximate surface area is 114 Å². The highest BCUT2D eigenvalue weighted by molar-refractivity contribution is 5.43. The van der Waals surface area contributed by atoms with Gasteiger partial charge in [-0.25, -0.2) is 0 Å². The average molecular weight is 262 g/mol. The molecule has 4 heteroatoms. The van der Waals surface area contributed by atoms with Gasteiger partial charge in [-0.1, -0.05) is 6.07 Å². The van der Waals surface area contributed by atoms with Gasteiger partial charge in [0.05, 0.1) is 0 Å². The molecule has 2 N–H and O–H groups in total. The molecule has 4 nitrogen and oxygen atoms in total. The smallest absolute Gasteiger partial charge is 0.161 e. The van der Waals surface area contributed by atoms with Gasteiger partial charge in [-0.05, 0) is 62.6 Å². The maximum Gasteiger partial charge on any atom is 0.161 e. The molecule has 1 aromatic rings. The summed E-state index contributed by atoms with van der Waals surface area (Å²) >= 11 is 0. The molecule has 3 rings (SSSR count). The van der Waals surface area contributed by atoms with E-state index in [-0.39, 0.29) is 0 Å². The normalized spacial score (nSPS) is 21.6. The van der Waals surface area contributed by atoms with E-state index >= 15 is 0 Å². The monoisotopic (exact) mass is 262 g/mol. The fraction of sp³-hybridized carbons (Fsp3) is 0.600. The van der Waals surface area contributed by atoms with Gasteiger partial charge >= 0.3 is 0 Å². The molecule has 0 saturated carbocycles. The number of rotatable bonds is 5. The first-order chi connectivity index (χ1) is 9.42. The SMILES string of the molecule is c1cc2c(cc1CCNCC1CCNC1)OCCO2. The molecule has 2 aliphatic heterocycles. The van der Waals surface area contributed by atoms with Crippen LogP contribution in [-0.2, 0) is 6.42 Å². The standard InChI is InChI=1S/C15H22N2O2/c1-2-14-15(19-8-7-18-14)9-12(1)3-5-16-10-13-4-6-17-11-13/h1-2,9,13,16-17H,3-8,10-11H2. The van der Waals surface area contributed by atoms with Crippen LogP contribution in [0.25, 0.3) is 0 Å². The molecule has 1 atom stereocenters. The molecule has 0 bridgehead atoms. The Morgan fingerprint density at radius 1 is 1.21 bits per heavy atom. The van der Waals surface area contributed by atoms with Crippen LogP contribution in [0.1, 0.15) is 12.0 Å². The highest BCUT2D eigenvalue weighted by Crippen LogP contribution is 2.30. The maximum atomic E-state index is 5.60. The molecule has 0 aliphatic carbocycles. The summed E-state index contributed by atoms with van der Waals surface area (Å²) in [6.07, 6.45) is 2.34. The van der Waals surface area contributed by atoms with Gasteiger partial charge in [0.25, 0.3) is 0 Å². The Morgan fingerprint density at radius 3 is 2.95 bits per heavy atom. The van der Waals surface area contributed by atoms with Crippen LogP contribution >= 0.6 is 0 Å². The Morgan fingerprint density at radius 2 is 2.11 bits per heavy atom. The largest absolute Gasteiger partial charge is 0.486 e. The number of fused-ring (bicyclic) bond motifs is 1. The van der Waals surface area contributed by atoms with E-state index in [2.05, 4.69) is 22.8 Å². The molecular weight excluding hydrogens is 240 g/mol. The lowest BCUT2D eigenvalue weighted by atomic mass is 10.1. The summed E-state index contributed by atoms with van der Waals surface area (Å²) in [6.45, 7) is 5.80. The van der Waals surface area contributed by atoms with Gasteiger partial charge in [0.1, 0.15) is 13.2 Å². The molecule has 1 saturated heterocycles. The van der Waals surface area contributed by atoms with Crippen molar-refractivity contribution in [3.8, 4) is 11.5 Å². The molecule has 19 heavy (non-hydrogen) atoms. The number of hydrogen-bond donors (Lipinski definition) is 2. The molecule has 0 aromatic heterocycles. The molecular formula is C15H22N2O2. The number of nitrogens with one attached hydrogen (secondary N) is 2. The Balaban J connectivity index is 1.44. The molecule has 2 heterocycles. The van der Waals surface area contributed by atoms with Crippen LogP contribution in [0.2, 0.25) is 0 Å². The van der Waals surface area contributed by atoms with E-state index in [9.17, 15) is 0 Å². The van der Waals surface area contributed by atoms with Crippen molar-refractivity contribution >= 4 is 0 Å². The average Bonchev–Trinajstić information content (AvgIpc) is 2.97. The zero-order chi connectivity index (χ0) is 12.9. The second-order valence-electron chi connectivity index (χ2n) is 5.29. The van der Waals surface area contributed by atoms with Gasteiger partial charge < -0.3 is 20.1 Å². The summed E-state index contributed by atoms with van der Waals surface area (Å²) in [4.78, 5) is 0. The lowest BCUT2D eigenvalue weighted by molar-refractivity contribution is 0.171. The van der Waals surface area contributed by atoms with Crippen molar-refractivity contribution in [2.45, 2.75) is 12.8 Å². The van der Waals surface area contributed by atoms with Gasteiger partial charge in [-0.3, -0.25) is 0 Å². The lowest BCUT2D eigenvalue weighted by Crippen LogP contribution is -2.26. The zero-order valence-electron chi connectivity index (χ0n) is 11.3. The first-order valence-corrected chi connectivity index (χ1v) is 7.22. The van der Waals surface area contributed by atoms with Crippen molar-refractivity contribution in [3.05, 3.63) is 23.8 Å². The van der Waals surface area contributed by atoms with Crippen molar-refractivity contribution in [2.75, 3.05) is 39.4 Å². The topological polar surface area (TPSA) is 42.5 Å². The number of benzene rings is 1. The van der Waals surface area contributed by atoms with Gasteiger partial charge in [0, 0.05) is 0 Å². The van der Waals surface area contributed by atoms with Crippen molar-refractivity contribution in [1.82, 2.24) is 10.6 Å². The second kappa shape index (κ2) is 6.26. The van der Waals surface area contributed by atoms with Crippen molar-refractivity contribution in [3.63, 3.8) is 0 Å². The molecule has 104 valence electrons. The van der Waals surface area contributed by atoms with Crippen LogP contribution in [0.15, 0.2) is 18.2 Å². The van der Waals surface area contributed by atoms with Crippen molar-refractivity contribution in [1.29, 1.82) is 0 Å². The Hall–Kier alpha value is -1.26. The van der Waals surface area contributed by atoms with Crippen LogP contribution in [0.4, 0.5) is 0 Å². The van der Waals surface area contributed by atoms with Gasteiger partial charge in [0.2, 0.25) is 0 Å². The molecule has 0 amide bonds. The second-order valence-corrected chi connectivity index (χ2v) is 5.29. The van der Waals surface area contributed by atoms with Crippen LogP contribution in [-0.4, -0.2) is 39.4 Å². The minimum atomic E-state index is 0.656. The Kier molecular flexibility index (Phi) is 4.20. The highest BCUT2D eigenvalue weighted by Gasteiger charge is 2.14. The van der Waals surface area contributed by atoms with Crippen molar-refractivity contribution < 1.29 is 9.47 Å². The van der Waals surface area contributed by atoms with Gasteiger partial charge in [-0.2, -0.15) is 0 Å². The third-order valence-electron chi connectivity index (χ3n) is 3.79. The molecule has 0 spiro atoms.